The molecule has 0 amide bonds. The summed E-state index contributed by atoms with van der Waals surface area (Å²) in [7, 11) is 1.42. The van der Waals surface area contributed by atoms with Crippen LogP contribution in [0.1, 0.15) is 37.3 Å². The molecular weight excluding hydrogens is 365 g/mol. The summed E-state index contributed by atoms with van der Waals surface area (Å²) < 4.78 is 19.3. The molecule has 1 aliphatic rings. The molecule has 1 aliphatic carbocycles. The minimum atomic E-state index is -0.739. The smallest absolute Gasteiger partial charge is 0.328 e. The second-order valence-electron chi connectivity index (χ2n) is 5.94. The van der Waals surface area contributed by atoms with Crippen LogP contribution in [-0.4, -0.2) is 27.8 Å². The van der Waals surface area contributed by atoms with E-state index in [-0.39, 0.29) is 22.9 Å². The lowest BCUT2D eigenvalue weighted by Crippen LogP contribution is -2.20. The zero-order chi connectivity index (χ0) is 18.8. The predicted octanol–water partition coefficient (Wildman–Crippen LogP) is 4.08. The molecule has 0 aliphatic heterocycles. The number of aromatic nitrogens is 2. The number of nitrogens with zero attached hydrogens (tertiary/aromatic N) is 3. The molecule has 1 atom stereocenters. The van der Waals surface area contributed by atoms with E-state index in [1.54, 1.807) is 0 Å². The van der Waals surface area contributed by atoms with Crippen molar-refractivity contribution in [2.75, 3.05) is 7.11 Å². The number of rotatable bonds is 4. The highest BCUT2D eigenvalue weighted by Gasteiger charge is 2.35. The molecule has 0 spiro atoms. The second kappa shape index (κ2) is 7.33. The van der Waals surface area contributed by atoms with Crippen molar-refractivity contribution < 1.29 is 18.8 Å². The van der Waals surface area contributed by atoms with Crippen molar-refractivity contribution >= 4 is 23.1 Å². The van der Waals surface area contributed by atoms with E-state index in [1.165, 1.54) is 25.3 Å². The molecule has 1 heterocycles. The lowest BCUT2D eigenvalue weighted by molar-refractivity contribution is -0.386. The number of methoxy groups -OCH3 is 1. The Morgan fingerprint density at radius 1 is 1.35 bits per heavy atom. The molecule has 1 unspecified atom stereocenters. The van der Waals surface area contributed by atoms with Crippen LogP contribution in [0.2, 0.25) is 5.15 Å². The average Bonchev–Trinajstić information content (AvgIpc) is 2.61. The van der Waals surface area contributed by atoms with Crippen molar-refractivity contribution in [3.8, 4) is 17.1 Å². The van der Waals surface area contributed by atoms with E-state index in [2.05, 4.69) is 9.97 Å². The first-order valence-corrected chi connectivity index (χ1v) is 8.38. The van der Waals surface area contributed by atoms with Crippen LogP contribution in [0.5, 0.6) is 5.75 Å². The van der Waals surface area contributed by atoms with Gasteiger partial charge < -0.3 is 4.74 Å². The van der Waals surface area contributed by atoms with Crippen molar-refractivity contribution in [1.82, 2.24) is 9.97 Å². The average molecular weight is 380 g/mol. The number of ether oxygens (including phenoxy) is 1. The van der Waals surface area contributed by atoms with Gasteiger partial charge in [-0.25, -0.2) is 14.4 Å². The summed E-state index contributed by atoms with van der Waals surface area (Å²) in [6.45, 7) is 0. The third kappa shape index (κ3) is 3.37. The minimum absolute atomic E-state index is 0.00865. The third-order valence-corrected chi connectivity index (χ3v) is 4.61. The Morgan fingerprint density at radius 3 is 2.77 bits per heavy atom. The van der Waals surface area contributed by atoms with Crippen molar-refractivity contribution in [3.05, 3.63) is 45.0 Å². The Hall–Kier alpha value is -2.61. The van der Waals surface area contributed by atoms with Crippen molar-refractivity contribution in [2.24, 2.45) is 0 Å². The van der Waals surface area contributed by atoms with Crippen LogP contribution < -0.4 is 4.74 Å². The molecule has 1 aromatic heterocycles. The minimum Gasteiger partial charge on any atom is -0.497 e. The molecule has 7 nitrogen and oxygen atoms in total. The first kappa shape index (κ1) is 18.2. The molecule has 1 saturated carbocycles. The maximum atomic E-state index is 14.3. The van der Waals surface area contributed by atoms with Crippen molar-refractivity contribution in [1.29, 1.82) is 0 Å². The van der Waals surface area contributed by atoms with E-state index < -0.39 is 27.5 Å². The fraction of sp³-hybridized carbons (Fsp3) is 0.353. The van der Waals surface area contributed by atoms with Gasteiger partial charge in [-0.05, 0) is 31.0 Å². The lowest BCUT2D eigenvalue weighted by Gasteiger charge is -2.20. The summed E-state index contributed by atoms with van der Waals surface area (Å²) in [5, 5.41) is 11.0. The lowest BCUT2D eigenvalue weighted by atomic mass is 9.85. The monoisotopic (exact) mass is 379 g/mol. The SMILES string of the molecule is COc1ccc(F)c(-c2nc(Cl)c([N+](=O)[O-])c(C3CCCCC3=O)n2)c1. The van der Waals surface area contributed by atoms with Crippen LogP contribution in [0.3, 0.4) is 0 Å². The van der Waals surface area contributed by atoms with Crippen LogP contribution in [0.4, 0.5) is 10.1 Å². The third-order valence-electron chi connectivity index (χ3n) is 4.35. The number of hydrogen-bond donors (Lipinski definition) is 0. The number of ketones is 1. The van der Waals surface area contributed by atoms with E-state index in [4.69, 9.17) is 16.3 Å². The number of carbonyl (C=O) groups excluding carboxylic acids is 1. The summed E-state index contributed by atoms with van der Waals surface area (Å²) in [5.74, 6) is -1.25. The Balaban J connectivity index is 2.20. The van der Waals surface area contributed by atoms with Crippen LogP contribution in [-0.2, 0) is 4.79 Å². The van der Waals surface area contributed by atoms with Gasteiger partial charge in [-0.3, -0.25) is 14.9 Å². The molecular formula is C17H15ClFN3O4. The van der Waals surface area contributed by atoms with Gasteiger partial charge in [0.1, 0.15) is 23.0 Å². The fourth-order valence-corrected chi connectivity index (χ4v) is 3.30. The van der Waals surface area contributed by atoms with Gasteiger partial charge in [-0.2, -0.15) is 0 Å². The van der Waals surface area contributed by atoms with Gasteiger partial charge in [0.15, 0.2) is 5.82 Å². The van der Waals surface area contributed by atoms with Gasteiger partial charge in [-0.15, -0.1) is 0 Å². The first-order valence-electron chi connectivity index (χ1n) is 8.00. The van der Waals surface area contributed by atoms with Gasteiger partial charge in [0.25, 0.3) is 0 Å². The molecule has 9 heteroatoms. The summed E-state index contributed by atoms with van der Waals surface area (Å²) in [6.07, 6.45) is 2.25. The first-order chi connectivity index (χ1) is 12.4. The Bertz CT molecular complexity index is 891. The summed E-state index contributed by atoms with van der Waals surface area (Å²) in [6, 6.07) is 3.98. The van der Waals surface area contributed by atoms with Crippen LogP contribution >= 0.6 is 11.6 Å². The number of halogens is 2. The number of nitro groups is 1. The molecule has 26 heavy (non-hydrogen) atoms. The van der Waals surface area contributed by atoms with Gasteiger partial charge in [0, 0.05) is 6.42 Å². The van der Waals surface area contributed by atoms with Crippen LogP contribution in [0.15, 0.2) is 18.2 Å². The Kier molecular flexibility index (Phi) is 5.13. The molecule has 0 bridgehead atoms. The Labute approximate surface area is 153 Å². The molecule has 1 fully saturated rings. The summed E-state index contributed by atoms with van der Waals surface area (Å²) in [5.41, 5.74) is -0.568. The van der Waals surface area contributed by atoms with Gasteiger partial charge in [0.05, 0.1) is 23.5 Å². The van der Waals surface area contributed by atoms with Gasteiger partial charge in [0.2, 0.25) is 5.15 Å². The molecule has 1 aromatic carbocycles. The number of Topliss-reactive ketones (excluding diaryl/α,β-unsaturated/α-hetero) is 1. The summed E-state index contributed by atoms with van der Waals surface area (Å²) >= 11 is 6.01. The van der Waals surface area contributed by atoms with Crippen LogP contribution in [0, 0.1) is 15.9 Å². The van der Waals surface area contributed by atoms with Crippen molar-refractivity contribution in [3.63, 3.8) is 0 Å². The largest absolute Gasteiger partial charge is 0.497 e. The topological polar surface area (TPSA) is 95.2 Å². The van der Waals surface area contributed by atoms with E-state index in [9.17, 15) is 19.3 Å². The number of hydrogen-bond acceptors (Lipinski definition) is 6. The maximum Gasteiger partial charge on any atom is 0.328 e. The number of benzene rings is 1. The zero-order valence-corrected chi connectivity index (χ0v) is 14.6. The molecule has 0 radical (unpaired) electrons. The highest BCUT2D eigenvalue weighted by atomic mass is 35.5. The van der Waals surface area contributed by atoms with E-state index in [0.717, 1.165) is 12.8 Å². The maximum absolute atomic E-state index is 14.3. The van der Waals surface area contributed by atoms with Gasteiger partial charge >= 0.3 is 5.69 Å². The molecule has 0 N–H and O–H groups in total. The summed E-state index contributed by atoms with van der Waals surface area (Å²) in [4.78, 5) is 31.1. The number of carbonyl (C=O) groups is 1. The molecule has 3 rings (SSSR count). The molecule has 2 aromatic rings. The second-order valence-corrected chi connectivity index (χ2v) is 6.30. The van der Waals surface area contributed by atoms with E-state index in [1.807, 2.05) is 0 Å². The fourth-order valence-electron chi connectivity index (χ4n) is 3.05. The standard InChI is InChI=1S/C17H15ClFN3O4/c1-26-9-6-7-12(19)11(8-9)17-20-14(10-4-2-3-5-13(10)23)15(22(24)25)16(18)21-17/h6-8,10H,2-5H2,1H3. The molecule has 136 valence electrons. The quantitative estimate of drug-likeness (QED) is 0.451. The molecule has 0 saturated heterocycles. The van der Waals surface area contributed by atoms with Gasteiger partial charge in [-0.1, -0.05) is 18.0 Å². The highest BCUT2D eigenvalue weighted by molar-refractivity contribution is 6.31. The van der Waals surface area contributed by atoms with Crippen molar-refractivity contribution in [2.45, 2.75) is 31.6 Å². The zero-order valence-electron chi connectivity index (χ0n) is 13.9. The predicted molar refractivity (Wildman–Crippen MR) is 91.9 cm³/mol. The highest BCUT2D eigenvalue weighted by Crippen LogP contribution is 2.38. The van der Waals surface area contributed by atoms with Crippen LogP contribution in [0.25, 0.3) is 11.4 Å². The Morgan fingerprint density at radius 2 is 2.12 bits per heavy atom. The van der Waals surface area contributed by atoms with E-state index in [0.29, 0.717) is 18.6 Å². The van der Waals surface area contributed by atoms with E-state index >= 15 is 0 Å². The normalized spacial score (nSPS) is 17.2.